The molecule has 2 N–H and O–H groups in total. The van der Waals surface area contributed by atoms with E-state index in [1.54, 1.807) is 0 Å². The number of aliphatic hydroxyl groups excluding tert-OH is 2. The van der Waals surface area contributed by atoms with Crippen molar-refractivity contribution in [2.45, 2.75) is 133 Å². The Labute approximate surface area is 398 Å². The molecule has 6 aromatic rings. The highest BCUT2D eigenvalue weighted by atomic mass is 16.5. The van der Waals surface area contributed by atoms with Crippen LogP contribution in [0.25, 0.3) is 0 Å². The van der Waals surface area contributed by atoms with E-state index in [0.717, 1.165) is 51.2 Å². The summed E-state index contributed by atoms with van der Waals surface area (Å²) in [5, 5.41) is 23.2. The van der Waals surface area contributed by atoms with Gasteiger partial charge in [-0.15, -0.1) is 0 Å². The van der Waals surface area contributed by atoms with E-state index in [4.69, 9.17) is 9.47 Å². The Morgan fingerprint density at radius 2 is 0.940 bits per heavy atom. The van der Waals surface area contributed by atoms with Crippen molar-refractivity contribution >= 4 is 0 Å². The molecule has 6 aromatic carbocycles. The minimum Gasteiger partial charge on any atom is -0.489 e. The molecule has 0 aliphatic heterocycles. The molecule has 0 spiro atoms. The van der Waals surface area contributed by atoms with E-state index in [-0.39, 0.29) is 16.2 Å². The molecule has 0 radical (unpaired) electrons. The highest BCUT2D eigenvalue weighted by Gasteiger charge is 2.63. The lowest BCUT2D eigenvalue weighted by Crippen LogP contribution is -2.59. The number of hydrogen-bond donors (Lipinski definition) is 2. The topological polar surface area (TPSA) is 58.9 Å². The second-order valence-electron chi connectivity index (χ2n) is 23.7. The number of rotatable bonds is 13. The normalized spacial score (nSPS) is 33.1. The van der Waals surface area contributed by atoms with Crippen LogP contribution >= 0.6 is 0 Å². The Hall–Kier alpha value is -5.16. The quantitative estimate of drug-likeness (QED) is 0.121. The summed E-state index contributed by atoms with van der Waals surface area (Å²) in [7, 11) is 0. The predicted octanol–water partition coefficient (Wildman–Crippen LogP) is 14.3. The molecule has 8 fully saturated rings. The highest BCUT2D eigenvalue weighted by Crippen LogP contribution is 2.71. The molecule has 0 saturated heterocycles. The van der Waals surface area contributed by atoms with E-state index >= 15 is 0 Å². The van der Waals surface area contributed by atoms with Crippen molar-refractivity contribution in [1.29, 1.82) is 0 Å². The lowest BCUT2D eigenvalue weighted by Gasteiger charge is -2.65. The maximum absolute atomic E-state index is 11.6. The summed E-state index contributed by atoms with van der Waals surface area (Å²) in [6, 6.07) is 53.3. The van der Waals surface area contributed by atoms with Crippen molar-refractivity contribution in [3.8, 4) is 11.5 Å². The van der Waals surface area contributed by atoms with Gasteiger partial charge < -0.3 is 19.7 Å². The summed E-state index contributed by atoms with van der Waals surface area (Å²) >= 11 is 0. The predicted molar refractivity (Wildman–Crippen MR) is 267 cm³/mol. The van der Waals surface area contributed by atoms with Crippen LogP contribution in [0.5, 0.6) is 11.5 Å². The minimum absolute atomic E-state index is 0.0255. The molecule has 0 aromatic heterocycles. The molecule has 8 aliphatic carbocycles. The monoisotopic (exact) mass is 889 g/mol. The first kappa shape index (κ1) is 43.1. The van der Waals surface area contributed by atoms with Crippen LogP contribution < -0.4 is 9.47 Å². The van der Waals surface area contributed by atoms with Gasteiger partial charge in [0.25, 0.3) is 0 Å². The maximum Gasteiger partial charge on any atom is 0.123 e. The van der Waals surface area contributed by atoms with Gasteiger partial charge in [-0.3, -0.25) is 0 Å². The standard InChI is InChI=1S/C63H68O4/c1-59-31-45-32-60(2,39-59)41-63(34-45,40-59)54-26-22-49(58(65)47-17-11-6-12-18-47)30-56(54)67-38-43-19-23-50(24-20-43)62-33-44-27-51(35-62)61(3,52(28-44)36-62)53-25-21-48(57(64)46-15-9-5-10-16-46)29-55(53)66-37-42-13-7-4-8-14-42/h4-26,29-30,44-45,51-52,57-58,64-65H,27-28,31-41H2,1-3H3. The Bertz CT molecular complexity index is 2710. The van der Waals surface area contributed by atoms with Gasteiger partial charge in [-0.2, -0.15) is 0 Å². The number of ether oxygens (including phenoxy) is 2. The fourth-order valence-electron chi connectivity index (χ4n) is 16.8. The molecular weight excluding hydrogens is 821 g/mol. The fraction of sp³-hybridized carbons (Fsp3) is 0.429. The van der Waals surface area contributed by atoms with Crippen LogP contribution in [0.1, 0.15) is 154 Å². The third-order valence-corrected chi connectivity index (χ3v) is 18.7. The molecule has 344 valence electrons. The molecule has 0 heterocycles. The minimum atomic E-state index is -0.717. The van der Waals surface area contributed by atoms with E-state index in [1.165, 1.54) is 92.9 Å². The Morgan fingerprint density at radius 1 is 0.463 bits per heavy atom. The van der Waals surface area contributed by atoms with Crippen molar-refractivity contribution in [3.63, 3.8) is 0 Å². The lowest BCUT2D eigenvalue weighted by molar-refractivity contribution is -0.110. The van der Waals surface area contributed by atoms with Crippen LogP contribution in [0.15, 0.2) is 152 Å². The van der Waals surface area contributed by atoms with Crippen LogP contribution in [0.4, 0.5) is 0 Å². The molecule has 4 nitrogen and oxygen atoms in total. The average Bonchev–Trinajstić information content (AvgIpc) is 3.33. The molecule has 8 saturated carbocycles. The van der Waals surface area contributed by atoms with Crippen molar-refractivity contribution in [2.24, 2.45) is 34.5 Å². The molecule has 8 aliphatic rings. The van der Waals surface area contributed by atoms with Crippen LogP contribution in [0, 0.1) is 34.5 Å². The molecule has 14 rings (SSSR count). The zero-order valence-electron chi connectivity index (χ0n) is 39.8. The highest BCUT2D eigenvalue weighted by molar-refractivity contribution is 5.50. The molecule has 4 heteroatoms. The van der Waals surface area contributed by atoms with Crippen LogP contribution in [-0.4, -0.2) is 10.2 Å². The van der Waals surface area contributed by atoms with E-state index in [9.17, 15) is 10.2 Å². The number of aliphatic hydroxyl groups is 2. The average molecular weight is 889 g/mol. The van der Waals surface area contributed by atoms with Gasteiger partial charge in [0.05, 0.1) is 0 Å². The second kappa shape index (κ2) is 16.2. The van der Waals surface area contributed by atoms with E-state index < -0.39 is 12.2 Å². The Morgan fingerprint density at radius 3 is 1.48 bits per heavy atom. The molecule has 0 amide bonds. The summed E-state index contributed by atoms with van der Waals surface area (Å²) in [5.41, 5.74) is 11.1. The summed E-state index contributed by atoms with van der Waals surface area (Å²) in [6.45, 7) is 8.65. The summed E-state index contributed by atoms with van der Waals surface area (Å²) in [6.07, 6.45) is 12.5. The van der Waals surface area contributed by atoms with Gasteiger partial charge >= 0.3 is 0 Å². The second-order valence-corrected chi connectivity index (χ2v) is 23.7. The van der Waals surface area contributed by atoms with Crippen LogP contribution in [0.2, 0.25) is 0 Å². The zero-order valence-corrected chi connectivity index (χ0v) is 39.8. The molecule has 8 bridgehead atoms. The fourth-order valence-corrected chi connectivity index (χ4v) is 16.8. The number of hydrogen-bond acceptors (Lipinski definition) is 4. The molecule has 67 heavy (non-hydrogen) atoms. The molecular formula is C63H68O4. The third-order valence-electron chi connectivity index (χ3n) is 18.7. The van der Waals surface area contributed by atoms with Gasteiger partial charge in [0, 0.05) is 22.0 Å². The third kappa shape index (κ3) is 7.57. The van der Waals surface area contributed by atoms with Crippen LogP contribution in [-0.2, 0) is 29.5 Å². The molecule has 6 atom stereocenters. The lowest BCUT2D eigenvalue weighted by atomic mass is 9.39. The van der Waals surface area contributed by atoms with Crippen molar-refractivity contribution < 1.29 is 19.7 Å². The van der Waals surface area contributed by atoms with Gasteiger partial charge in [0.15, 0.2) is 0 Å². The van der Waals surface area contributed by atoms with Gasteiger partial charge in [-0.25, -0.2) is 0 Å². The van der Waals surface area contributed by atoms with Gasteiger partial charge in [-0.05, 0) is 162 Å². The largest absolute Gasteiger partial charge is 0.489 e. The Balaban J connectivity index is 0.814. The maximum atomic E-state index is 11.6. The summed E-state index contributed by atoms with van der Waals surface area (Å²) in [4.78, 5) is 0. The van der Waals surface area contributed by atoms with Gasteiger partial charge in [0.2, 0.25) is 0 Å². The summed E-state index contributed by atoms with van der Waals surface area (Å²) < 4.78 is 13.9. The van der Waals surface area contributed by atoms with Crippen LogP contribution in [0.3, 0.4) is 0 Å². The van der Waals surface area contributed by atoms with Crippen molar-refractivity contribution in [1.82, 2.24) is 0 Å². The first-order valence-electron chi connectivity index (χ1n) is 25.5. The Kier molecular flexibility index (Phi) is 10.5. The van der Waals surface area contributed by atoms with E-state index in [0.29, 0.717) is 35.9 Å². The smallest absolute Gasteiger partial charge is 0.123 e. The first-order chi connectivity index (χ1) is 32.4. The zero-order chi connectivity index (χ0) is 45.6. The van der Waals surface area contributed by atoms with Gasteiger partial charge in [-0.1, -0.05) is 160 Å². The SMILES string of the molecule is CC12CC3CC(C)(C1)CC(c1ccc(C(O)c4ccccc4)cc1OCc1ccc(C45CC6CC(C4)C(C)(c4ccc(C(O)c7ccccc7)cc4OCc4ccccc4)C(C6)C5)cc1)(C3)C2. The van der Waals surface area contributed by atoms with Crippen molar-refractivity contribution in [2.75, 3.05) is 0 Å². The molecule has 6 unspecified atom stereocenters. The summed E-state index contributed by atoms with van der Waals surface area (Å²) in [5.74, 6) is 4.46. The van der Waals surface area contributed by atoms with E-state index in [2.05, 4.69) is 112 Å². The van der Waals surface area contributed by atoms with E-state index in [1.807, 2.05) is 60.7 Å². The van der Waals surface area contributed by atoms with Gasteiger partial charge in [0.1, 0.15) is 36.9 Å². The number of benzene rings is 6. The first-order valence-corrected chi connectivity index (χ1v) is 25.5. The van der Waals surface area contributed by atoms with Crippen molar-refractivity contribution in [3.05, 3.63) is 202 Å².